The molecule has 3 fully saturated rings. The first-order valence-corrected chi connectivity index (χ1v) is 12.1. The molecule has 0 aliphatic heterocycles. The zero-order chi connectivity index (χ0) is 26.7. The van der Waals surface area contributed by atoms with Crippen molar-refractivity contribution in [3.05, 3.63) is 23.8 Å². The molecule has 198 valence electrons. The molecule has 0 radical (unpaired) electrons. The Hall–Kier alpha value is -2.75. The number of Topliss-reactive ketones (excluding diaryl/α,β-unsaturated/α-hetero) is 1. The van der Waals surface area contributed by atoms with E-state index in [1.807, 2.05) is 0 Å². The lowest BCUT2D eigenvalue weighted by molar-refractivity contribution is -0.221. The maximum Gasteiger partial charge on any atom is 0.509 e. The molecule has 8 atom stereocenters. The average molecular weight is 509 g/mol. The molecule has 1 N–H and O–H groups in total. The first-order valence-electron chi connectivity index (χ1n) is 12.1. The molecule has 4 rings (SSSR count). The number of fused-ring (bicyclic) bond motifs is 5. The lowest BCUT2D eigenvalue weighted by atomic mass is 9.44. The fraction of sp³-hybridized carbons (Fsp3) is 0.692. The van der Waals surface area contributed by atoms with Crippen molar-refractivity contribution in [2.24, 2.45) is 28.6 Å². The normalized spacial score (nSPS) is 42.9. The van der Waals surface area contributed by atoms with E-state index in [-0.39, 0.29) is 12.2 Å². The van der Waals surface area contributed by atoms with Crippen molar-refractivity contribution in [3.8, 4) is 0 Å². The van der Waals surface area contributed by atoms with E-state index >= 15 is 4.39 Å². The van der Waals surface area contributed by atoms with Gasteiger partial charge >= 0.3 is 12.3 Å². The Labute approximate surface area is 209 Å². The summed E-state index contributed by atoms with van der Waals surface area (Å²) in [5.74, 6) is -2.65. The van der Waals surface area contributed by atoms with E-state index in [0.717, 1.165) is 14.2 Å². The molecule has 9 nitrogen and oxygen atoms in total. The van der Waals surface area contributed by atoms with E-state index in [2.05, 4.69) is 4.74 Å². The van der Waals surface area contributed by atoms with Crippen LogP contribution in [0.4, 0.5) is 14.0 Å². The molecular weight excluding hydrogens is 475 g/mol. The van der Waals surface area contributed by atoms with Gasteiger partial charge in [0.15, 0.2) is 23.7 Å². The molecule has 0 bridgehead atoms. The molecular formula is C26H33FO9. The number of carbonyl (C=O) groups excluding carboxylic acids is 4. The number of ketones is 2. The van der Waals surface area contributed by atoms with E-state index in [4.69, 9.17) is 14.2 Å². The van der Waals surface area contributed by atoms with Gasteiger partial charge in [-0.3, -0.25) is 9.59 Å². The van der Waals surface area contributed by atoms with Crippen molar-refractivity contribution >= 4 is 23.9 Å². The van der Waals surface area contributed by atoms with Crippen LogP contribution in [-0.4, -0.2) is 67.2 Å². The fourth-order valence-electron chi connectivity index (χ4n) is 7.86. The number of rotatable bonds is 4. The Morgan fingerprint density at radius 2 is 1.81 bits per heavy atom. The number of hydrogen-bond acceptors (Lipinski definition) is 9. The maximum atomic E-state index is 17.3. The van der Waals surface area contributed by atoms with Gasteiger partial charge in [-0.05, 0) is 50.7 Å². The SMILES string of the molecule is COC(=O)OCC(=O)[C@@]1(OC(=O)OC)[C@H](C)C[C@H]2[C@@H]3CCC4=CC(=O)C=C[C@]4(C)[C@@]3(F)[C@@H](O)C[C@@]21C. The number of halogens is 1. The third-order valence-corrected chi connectivity index (χ3v) is 9.49. The average Bonchev–Trinajstić information content (AvgIpc) is 3.05. The molecule has 10 heteroatoms. The lowest BCUT2D eigenvalue weighted by Crippen LogP contribution is -2.70. The van der Waals surface area contributed by atoms with Crippen LogP contribution < -0.4 is 0 Å². The van der Waals surface area contributed by atoms with Gasteiger partial charge in [0, 0.05) is 22.7 Å². The highest BCUT2D eigenvalue weighted by Crippen LogP contribution is 2.71. The van der Waals surface area contributed by atoms with Crippen molar-refractivity contribution in [2.45, 2.75) is 63.8 Å². The number of aliphatic hydroxyl groups is 1. The molecule has 4 aliphatic carbocycles. The third-order valence-electron chi connectivity index (χ3n) is 9.49. The van der Waals surface area contributed by atoms with E-state index in [9.17, 15) is 24.3 Å². The van der Waals surface area contributed by atoms with Crippen molar-refractivity contribution in [2.75, 3.05) is 20.8 Å². The number of ether oxygens (including phenoxy) is 4. The van der Waals surface area contributed by atoms with Crippen molar-refractivity contribution in [1.29, 1.82) is 0 Å². The quantitative estimate of drug-likeness (QED) is 0.568. The molecule has 0 heterocycles. The Morgan fingerprint density at radius 1 is 1.14 bits per heavy atom. The first kappa shape index (κ1) is 26.3. The Kier molecular flexibility index (Phi) is 6.34. The van der Waals surface area contributed by atoms with Crippen LogP contribution in [0, 0.1) is 28.6 Å². The van der Waals surface area contributed by atoms with Gasteiger partial charge in [0.05, 0.1) is 20.3 Å². The van der Waals surface area contributed by atoms with Crippen LogP contribution in [0.1, 0.15) is 46.5 Å². The molecule has 0 aromatic rings. The summed E-state index contributed by atoms with van der Waals surface area (Å²) in [6.45, 7) is 4.42. The fourth-order valence-corrected chi connectivity index (χ4v) is 7.86. The van der Waals surface area contributed by atoms with Gasteiger partial charge in [-0.1, -0.05) is 25.5 Å². The maximum absolute atomic E-state index is 17.3. The number of carbonyl (C=O) groups is 4. The predicted octanol–water partition coefficient (Wildman–Crippen LogP) is 3.48. The van der Waals surface area contributed by atoms with Crippen LogP contribution >= 0.6 is 0 Å². The van der Waals surface area contributed by atoms with E-state index in [1.54, 1.807) is 26.8 Å². The van der Waals surface area contributed by atoms with Gasteiger partial charge < -0.3 is 24.1 Å². The van der Waals surface area contributed by atoms with Gasteiger partial charge in [0.25, 0.3) is 0 Å². The van der Waals surface area contributed by atoms with E-state index in [1.165, 1.54) is 12.2 Å². The second kappa shape index (κ2) is 8.68. The molecule has 36 heavy (non-hydrogen) atoms. The Morgan fingerprint density at radius 3 is 2.44 bits per heavy atom. The second-order valence-corrected chi connectivity index (χ2v) is 10.9. The van der Waals surface area contributed by atoms with Gasteiger partial charge in [0.1, 0.15) is 0 Å². The van der Waals surface area contributed by atoms with Crippen LogP contribution in [0.3, 0.4) is 0 Å². The Balaban J connectivity index is 1.80. The summed E-state index contributed by atoms with van der Waals surface area (Å²) in [6.07, 6.45) is 1.58. The van der Waals surface area contributed by atoms with Crippen molar-refractivity contribution in [3.63, 3.8) is 0 Å². The summed E-state index contributed by atoms with van der Waals surface area (Å²) < 4.78 is 37.1. The predicted molar refractivity (Wildman–Crippen MR) is 122 cm³/mol. The number of alkyl halides is 1. The highest BCUT2D eigenvalue weighted by molar-refractivity contribution is 6.01. The van der Waals surface area contributed by atoms with Gasteiger partial charge in [0.2, 0.25) is 5.78 Å². The minimum Gasteiger partial charge on any atom is -0.438 e. The van der Waals surface area contributed by atoms with Crippen molar-refractivity contribution in [1.82, 2.24) is 0 Å². The van der Waals surface area contributed by atoms with Crippen molar-refractivity contribution < 1.29 is 47.6 Å². The zero-order valence-electron chi connectivity index (χ0n) is 21.2. The number of allylic oxidation sites excluding steroid dienone is 4. The molecule has 0 aromatic carbocycles. The molecule has 0 amide bonds. The summed E-state index contributed by atoms with van der Waals surface area (Å²) >= 11 is 0. The summed E-state index contributed by atoms with van der Waals surface area (Å²) in [4.78, 5) is 49.7. The zero-order valence-corrected chi connectivity index (χ0v) is 21.2. The Bertz CT molecular complexity index is 1050. The van der Waals surface area contributed by atoms with E-state index in [0.29, 0.717) is 24.8 Å². The minimum absolute atomic E-state index is 0.194. The second-order valence-electron chi connectivity index (χ2n) is 10.9. The van der Waals surface area contributed by atoms with Crippen LogP contribution in [0.15, 0.2) is 23.8 Å². The summed E-state index contributed by atoms with van der Waals surface area (Å²) in [6, 6.07) is 0. The standard InChI is InChI=1S/C26H33FO9/c1-14-10-18-17-7-6-15-11-16(28)8-9-23(15,2)25(17,27)19(29)12-24(18,3)26(14,36-22(32)34-5)20(30)13-35-21(31)33-4/h8-9,11,14,17-19,29H,6-7,10,12-13H2,1-5H3/t14-,17+,18+,19+,23+,24+,25+,26+/m1/s1. The summed E-state index contributed by atoms with van der Waals surface area (Å²) in [5.41, 5.74) is -5.69. The molecule has 0 aromatic heterocycles. The molecule has 3 saturated carbocycles. The summed E-state index contributed by atoms with van der Waals surface area (Å²) in [5, 5.41) is 11.5. The van der Waals surface area contributed by atoms with Crippen LogP contribution in [-0.2, 0) is 28.5 Å². The number of hydrogen-bond donors (Lipinski definition) is 1. The van der Waals surface area contributed by atoms with E-state index < -0.39 is 70.7 Å². The molecule has 4 aliphatic rings. The largest absolute Gasteiger partial charge is 0.509 e. The van der Waals surface area contributed by atoms with Gasteiger partial charge in [-0.2, -0.15) is 0 Å². The topological polar surface area (TPSA) is 125 Å². The molecule has 0 spiro atoms. The highest BCUT2D eigenvalue weighted by Gasteiger charge is 2.77. The lowest BCUT2D eigenvalue weighted by Gasteiger charge is -2.62. The highest BCUT2D eigenvalue weighted by atomic mass is 19.1. The first-order chi connectivity index (χ1) is 16.8. The molecule has 0 saturated heterocycles. The third kappa shape index (κ3) is 3.29. The van der Waals surface area contributed by atoms with Gasteiger partial charge in [-0.15, -0.1) is 0 Å². The molecule has 0 unspecified atom stereocenters. The van der Waals surface area contributed by atoms with Crippen LogP contribution in [0.2, 0.25) is 0 Å². The number of aliphatic hydroxyl groups excluding tert-OH is 1. The van der Waals surface area contributed by atoms with Gasteiger partial charge in [-0.25, -0.2) is 14.0 Å². The van der Waals surface area contributed by atoms with Crippen LogP contribution in [0.25, 0.3) is 0 Å². The minimum atomic E-state index is -2.11. The number of methoxy groups -OCH3 is 2. The van der Waals surface area contributed by atoms with Crippen LogP contribution in [0.5, 0.6) is 0 Å². The summed E-state index contributed by atoms with van der Waals surface area (Å²) in [7, 11) is 2.21. The smallest absolute Gasteiger partial charge is 0.438 e. The monoisotopic (exact) mass is 508 g/mol.